The Balaban J connectivity index is 2.36. The number of ether oxygens (including phenoxy) is 1. The lowest BCUT2D eigenvalue weighted by atomic mass is 10.1. The van der Waals surface area contributed by atoms with Crippen LogP contribution < -0.4 is 0 Å². The average Bonchev–Trinajstić information content (AvgIpc) is 2.38. The van der Waals surface area contributed by atoms with Gasteiger partial charge in [0.25, 0.3) is 0 Å². The number of hydrogen-bond acceptors (Lipinski definition) is 3. The van der Waals surface area contributed by atoms with Crippen LogP contribution in [0.3, 0.4) is 0 Å². The van der Waals surface area contributed by atoms with Crippen molar-refractivity contribution in [2.45, 2.75) is 13.0 Å². The van der Waals surface area contributed by atoms with Gasteiger partial charge in [0, 0.05) is 18.1 Å². The van der Waals surface area contributed by atoms with E-state index in [0.29, 0.717) is 10.7 Å². The van der Waals surface area contributed by atoms with Gasteiger partial charge in [-0.3, -0.25) is 9.78 Å². The minimum Gasteiger partial charge on any atom is -0.451 e. The van der Waals surface area contributed by atoms with E-state index in [0.717, 1.165) is 5.56 Å². The fourth-order valence-corrected chi connectivity index (χ4v) is 1.76. The second-order valence-corrected chi connectivity index (χ2v) is 4.23. The summed E-state index contributed by atoms with van der Waals surface area (Å²) in [5.74, 6) is -0.347. The highest BCUT2D eigenvalue weighted by atomic mass is 35.5. The molecule has 1 aromatic heterocycles. The third kappa shape index (κ3) is 3.08. The molecule has 0 radical (unpaired) electrons. The Bertz CT molecular complexity index is 525. The zero-order valence-corrected chi connectivity index (χ0v) is 10.6. The van der Waals surface area contributed by atoms with E-state index in [1.165, 1.54) is 6.92 Å². The molecule has 0 aliphatic rings. The first-order chi connectivity index (χ1) is 8.66. The lowest BCUT2D eigenvalue weighted by Crippen LogP contribution is -2.11. The third-order valence-corrected chi connectivity index (χ3v) is 2.66. The molecule has 92 valence electrons. The first kappa shape index (κ1) is 12.6. The van der Waals surface area contributed by atoms with E-state index >= 15 is 0 Å². The number of esters is 1. The Labute approximate surface area is 110 Å². The molecule has 0 aliphatic carbocycles. The van der Waals surface area contributed by atoms with Crippen LogP contribution in [0.15, 0.2) is 48.7 Å². The smallest absolute Gasteiger partial charge is 0.303 e. The molecular weight excluding hydrogens is 250 g/mol. The molecule has 2 aromatic rings. The number of nitrogens with zero attached hydrogens (tertiary/aromatic N) is 1. The van der Waals surface area contributed by atoms with Crippen molar-refractivity contribution < 1.29 is 9.53 Å². The molecule has 3 nitrogen and oxygen atoms in total. The summed E-state index contributed by atoms with van der Waals surface area (Å²) in [5.41, 5.74) is 1.53. The molecule has 0 amide bonds. The molecule has 1 heterocycles. The topological polar surface area (TPSA) is 39.2 Å². The minimum absolute atomic E-state index is 0.347. The molecule has 0 saturated heterocycles. The lowest BCUT2D eigenvalue weighted by Gasteiger charge is -2.16. The van der Waals surface area contributed by atoms with Gasteiger partial charge in [0.1, 0.15) is 0 Å². The number of hydrogen-bond donors (Lipinski definition) is 0. The standard InChI is InChI=1S/C14H12ClNO2/c1-10(17)18-14(13-4-2-3-9-16-13)11-5-7-12(15)8-6-11/h2-9,14H,1H3. The van der Waals surface area contributed by atoms with Gasteiger partial charge < -0.3 is 4.74 Å². The van der Waals surface area contributed by atoms with Crippen LogP contribution in [-0.2, 0) is 9.53 Å². The van der Waals surface area contributed by atoms with Crippen LogP contribution in [0.2, 0.25) is 5.02 Å². The maximum atomic E-state index is 11.2. The lowest BCUT2D eigenvalue weighted by molar-refractivity contribution is -0.144. The van der Waals surface area contributed by atoms with Crippen molar-refractivity contribution in [3.63, 3.8) is 0 Å². The molecule has 1 aromatic carbocycles. The van der Waals surface area contributed by atoms with E-state index in [2.05, 4.69) is 4.98 Å². The molecule has 0 spiro atoms. The maximum absolute atomic E-state index is 11.2. The predicted octanol–water partition coefficient (Wildman–Crippen LogP) is 3.39. The van der Waals surface area contributed by atoms with Gasteiger partial charge in [0.15, 0.2) is 6.10 Å². The largest absolute Gasteiger partial charge is 0.451 e. The molecular formula is C14H12ClNO2. The van der Waals surface area contributed by atoms with Gasteiger partial charge in [-0.25, -0.2) is 0 Å². The second kappa shape index (κ2) is 5.65. The van der Waals surface area contributed by atoms with Crippen molar-refractivity contribution in [2.75, 3.05) is 0 Å². The summed E-state index contributed by atoms with van der Waals surface area (Å²) < 4.78 is 5.32. The van der Waals surface area contributed by atoms with Crippen molar-refractivity contribution in [3.05, 3.63) is 64.9 Å². The van der Waals surface area contributed by atoms with E-state index in [9.17, 15) is 4.79 Å². The van der Waals surface area contributed by atoms with Crippen molar-refractivity contribution >= 4 is 17.6 Å². The van der Waals surface area contributed by atoms with Crippen LogP contribution in [0.1, 0.15) is 24.3 Å². The summed E-state index contributed by atoms with van der Waals surface area (Å²) in [6.07, 6.45) is 1.17. The van der Waals surface area contributed by atoms with Gasteiger partial charge in [0.2, 0.25) is 0 Å². The number of benzene rings is 1. The van der Waals surface area contributed by atoms with Crippen molar-refractivity contribution in [2.24, 2.45) is 0 Å². The highest BCUT2D eigenvalue weighted by Gasteiger charge is 2.18. The Kier molecular flexibility index (Phi) is 3.95. The highest BCUT2D eigenvalue weighted by Crippen LogP contribution is 2.25. The van der Waals surface area contributed by atoms with Crippen LogP contribution in [-0.4, -0.2) is 11.0 Å². The molecule has 0 fully saturated rings. The summed E-state index contributed by atoms with van der Waals surface area (Å²) in [4.78, 5) is 15.4. The van der Waals surface area contributed by atoms with Gasteiger partial charge >= 0.3 is 5.97 Å². The third-order valence-electron chi connectivity index (χ3n) is 2.41. The summed E-state index contributed by atoms with van der Waals surface area (Å²) >= 11 is 5.84. The Morgan fingerprint density at radius 2 is 1.94 bits per heavy atom. The number of pyridine rings is 1. The SMILES string of the molecule is CC(=O)OC(c1ccc(Cl)cc1)c1ccccn1. The summed E-state index contributed by atoms with van der Waals surface area (Å²) in [5, 5.41) is 0.640. The van der Waals surface area contributed by atoms with Crippen LogP contribution in [0.5, 0.6) is 0 Å². The Hall–Kier alpha value is -1.87. The molecule has 0 saturated carbocycles. The number of rotatable bonds is 3. The summed E-state index contributed by atoms with van der Waals surface area (Å²) in [6.45, 7) is 1.38. The van der Waals surface area contributed by atoms with Crippen LogP contribution in [0, 0.1) is 0 Å². The van der Waals surface area contributed by atoms with Crippen molar-refractivity contribution in [1.82, 2.24) is 4.98 Å². The normalized spacial score (nSPS) is 11.9. The molecule has 1 atom stereocenters. The first-order valence-corrected chi connectivity index (χ1v) is 5.88. The highest BCUT2D eigenvalue weighted by molar-refractivity contribution is 6.30. The monoisotopic (exact) mass is 261 g/mol. The van der Waals surface area contributed by atoms with E-state index < -0.39 is 6.10 Å². The average molecular weight is 262 g/mol. The second-order valence-electron chi connectivity index (χ2n) is 3.80. The van der Waals surface area contributed by atoms with E-state index in [4.69, 9.17) is 16.3 Å². The quantitative estimate of drug-likeness (QED) is 0.795. The van der Waals surface area contributed by atoms with Gasteiger partial charge in [-0.1, -0.05) is 29.8 Å². The van der Waals surface area contributed by atoms with Gasteiger partial charge in [-0.2, -0.15) is 0 Å². The Morgan fingerprint density at radius 1 is 1.22 bits per heavy atom. The molecule has 18 heavy (non-hydrogen) atoms. The number of carbonyl (C=O) groups excluding carboxylic acids is 1. The van der Waals surface area contributed by atoms with Crippen LogP contribution in [0.25, 0.3) is 0 Å². The fraction of sp³-hybridized carbons (Fsp3) is 0.143. The summed E-state index contributed by atoms with van der Waals surface area (Å²) in [6, 6.07) is 12.7. The minimum atomic E-state index is -0.499. The van der Waals surface area contributed by atoms with Gasteiger partial charge in [-0.05, 0) is 29.8 Å². The van der Waals surface area contributed by atoms with E-state index in [1.54, 1.807) is 18.3 Å². The number of carbonyl (C=O) groups is 1. The molecule has 2 rings (SSSR count). The predicted molar refractivity (Wildman–Crippen MR) is 69.3 cm³/mol. The van der Waals surface area contributed by atoms with Crippen LogP contribution >= 0.6 is 11.6 Å². The molecule has 0 bridgehead atoms. The van der Waals surface area contributed by atoms with Crippen molar-refractivity contribution in [3.8, 4) is 0 Å². The Morgan fingerprint density at radius 3 is 2.50 bits per heavy atom. The number of aromatic nitrogens is 1. The van der Waals surface area contributed by atoms with Crippen molar-refractivity contribution in [1.29, 1.82) is 0 Å². The molecule has 0 N–H and O–H groups in total. The number of halogens is 1. The van der Waals surface area contributed by atoms with Crippen LogP contribution in [0.4, 0.5) is 0 Å². The zero-order valence-electron chi connectivity index (χ0n) is 9.84. The molecule has 0 aliphatic heterocycles. The maximum Gasteiger partial charge on any atom is 0.303 e. The van der Waals surface area contributed by atoms with E-state index in [1.807, 2.05) is 30.3 Å². The van der Waals surface area contributed by atoms with Gasteiger partial charge in [0.05, 0.1) is 5.69 Å². The molecule has 1 unspecified atom stereocenters. The summed E-state index contributed by atoms with van der Waals surface area (Å²) in [7, 11) is 0. The molecule has 4 heteroatoms. The fourth-order valence-electron chi connectivity index (χ4n) is 1.63. The van der Waals surface area contributed by atoms with E-state index in [-0.39, 0.29) is 5.97 Å². The first-order valence-electron chi connectivity index (χ1n) is 5.50. The van der Waals surface area contributed by atoms with Gasteiger partial charge in [-0.15, -0.1) is 0 Å². The zero-order chi connectivity index (χ0) is 13.0.